The first-order chi connectivity index (χ1) is 10.3. The molecule has 1 rings (SSSR count). The van der Waals surface area contributed by atoms with Gasteiger partial charge in [-0.2, -0.15) is 0 Å². The van der Waals surface area contributed by atoms with E-state index >= 15 is 0 Å². The largest absolute Gasteiger partial charge is 0.379 e. The van der Waals surface area contributed by atoms with E-state index in [-0.39, 0.29) is 16.2 Å². The zero-order valence-corrected chi connectivity index (χ0v) is 17.9. The van der Waals surface area contributed by atoms with Crippen LogP contribution in [-0.2, 0) is 21.0 Å². The molecule has 0 spiro atoms. The van der Waals surface area contributed by atoms with Crippen molar-refractivity contribution in [1.29, 1.82) is 0 Å². The summed E-state index contributed by atoms with van der Waals surface area (Å²) in [7, 11) is 0. The molecule has 0 unspecified atom stereocenters. The predicted molar refractivity (Wildman–Crippen MR) is 105 cm³/mol. The van der Waals surface area contributed by atoms with Crippen LogP contribution in [-0.4, -0.2) is 12.7 Å². The molecule has 1 heterocycles. The molecule has 0 radical (unpaired) electrons. The van der Waals surface area contributed by atoms with Crippen LogP contribution in [0.25, 0.3) is 0 Å². The number of thiophene rings is 1. The van der Waals surface area contributed by atoms with Crippen LogP contribution in [0.4, 0.5) is 0 Å². The van der Waals surface area contributed by atoms with Crippen molar-refractivity contribution in [2.45, 2.75) is 104 Å². The smallest absolute Gasteiger partial charge is 0.0518 e. The quantitative estimate of drug-likeness (QED) is 0.529. The molecular weight excluding hydrogens is 300 g/mol. The topological polar surface area (TPSA) is 9.23 Å². The Labute approximate surface area is 148 Å². The standard InChI is InChI=1S/C21H38OS/c1-11-20(7,8)17-14-16(18(23-17)19(4,5)6)21(9,10)12-13-22-15(2)3/h14-15H,11-13H2,1-10H3. The van der Waals surface area contributed by atoms with Crippen molar-refractivity contribution in [3.63, 3.8) is 0 Å². The number of hydrogen-bond acceptors (Lipinski definition) is 2. The third-order valence-electron chi connectivity index (χ3n) is 4.87. The highest BCUT2D eigenvalue weighted by molar-refractivity contribution is 7.12. The SMILES string of the molecule is CCC(C)(C)c1cc(C(C)(C)CCOC(C)C)c(C(C)(C)C)s1. The zero-order valence-electron chi connectivity index (χ0n) is 17.1. The van der Waals surface area contributed by atoms with Crippen molar-refractivity contribution in [3.05, 3.63) is 21.4 Å². The van der Waals surface area contributed by atoms with Gasteiger partial charge in [0.15, 0.2) is 0 Å². The summed E-state index contributed by atoms with van der Waals surface area (Å²) in [4.78, 5) is 3.07. The van der Waals surface area contributed by atoms with Crippen molar-refractivity contribution in [2.75, 3.05) is 6.61 Å². The molecule has 1 aromatic heterocycles. The predicted octanol–water partition coefficient (Wildman–Crippen LogP) is 6.83. The highest BCUT2D eigenvalue weighted by Gasteiger charge is 2.33. The lowest BCUT2D eigenvalue weighted by Crippen LogP contribution is -2.24. The van der Waals surface area contributed by atoms with Gasteiger partial charge in [0.25, 0.3) is 0 Å². The summed E-state index contributed by atoms with van der Waals surface area (Å²) in [5.74, 6) is 0. The summed E-state index contributed by atoms with van der Waals surface area (Å²) in [5, 5.41) is 0. The van der Waals surface area contributed by atoms with Crippen molar-refractivity contribution >= 4 is 11.3 Å². The molecule has 0 N–H and O–H groups in total. The zero-order chi connectivity index (χ0) is 18.1. The summed E-state index contributed by atoms with van der Waals surface area (Å²) in [6.07, 6.45) is 2.55. The maximum Gasteiger partial charge on any atom is 0.0518 e. The van der Waals surface area contributed by atoms with Crippen LogP contribution in [0.15, 0.2) is 6.07 Å². The number of hydrogen-bond donors (Lipinski definition) is 0. The van der Waals surface area contributed by atoms with Gasteiger partial charge >= 0.3 is 0 Å². The monoisotopic (exact) mass is 338 g/mol. The molecule has 1 aromatic rings. The van der Waals surface area contributed by atoms with Crippen LogP contribution >= 0.6 is 11.3 Å². The second-order valence-corrected chi connectivity index (χ2v) is 10.4. The molecule has 0 saturated carbocycles. The van der Waals surface area contributed by atoms with E-state index in [1.807, 2.05) is 11.3 Å². The van der Waals surface area contributed by atoms with Crippen LogP contribution in [0.1, 0.15) is 97.4 Å². The fraction of sp³-hybridized carbons (Fsp3) is 0.810. The molecule has 0 atom stereocenters. The first-order valence-corrected chi connectivity index (χ1v) is 9.90. The van der Waals surface area contributed by atoms with Gasteiger partial charge in [0.1, 0.15) is 0 Å². The van der Waals surface area contributed by atoms with Gasteiger partial charge in [-0.25, -0.2) is 0 Å². The lowest BCUT2D eigenvalue weighted by Gasteiger charge is -2.30. The normalized spacial score (nSPS) is 13.9. The van der Waals surface area contributed by atoms with Gasteiger partial charge in [-0.3, -0.25) is 0 Å². The Hall–Kier alpha value is -0.340. The Morgan fingerprint density at radius 1 is 1.00 bits per heavy atom. The molecule has 2 heteroatoms. The van der Waals surface area contributed by atoms with Crippen LogP contribution in [0.3, 0.4) is 0 Å². The molecule has 134 valence electrons. The molecule has 0 fully saturated rings. The van der Waals surface area contributed by atoms with Crippen LogP contribution in [0.5, 0.6) is 0 Å². The number of ether oxygens (including phenoxy) is 1. The maximum atomic E-state index is 5.82. The van der Waals surface area contributed by atoms with E-state index in [9.17, 15) is 0 Å². The molecule has 0 aliphatic heterocycles. The Morgan fingerprint density at radius 2 is 1.57 bits per heavy atom. The summed E-state index contributed by atoms with van der Waals surface area (Å²) < 4.78 is 5.82. The Balaban J connectivity index is 3.22. The molecule has 0 aromatic carbocycles. The summed E-state index contributed by atoms with van der Waals surface area (Å²) in [6.45, 7) is 23.8. The lowest BCUT2D eigenvalue weighted by molar-refractivity contribution is 0.0671. The van der Waals surface area contributed by atoms with Crippen molar-refractivity contribution < 1.29 is 4.74 Å². The second-order valence-electron chi connectivity index (χ2n) is 9.39. The van der Waals surface area contributed by atoms with Gasteiger partial charge in [-0.15, -0.1) is 11.3 Å². The van der Waals surface area contributed by atoms with Crippen molar-refractivity contribution in [1.82, 2.24) is 0 Å². The van der Waals surface area contributed by atoms with Crippen LogP contribution < -0.4 is 0 Å². The highest BCUT2D eigenvalue weighted by Crippen LogP contribution is 2.45. The van der Waals surface area contributed by atoms with E-state index in [0.29, 0.717) is 6.10 Å². The summed E-state index contributed by atoms with van der Waals surface area (Å²) in [5.41, 5.74) is 2.13. The van der Waals surface area contributed by atoms with Gasteiger partial charge in [-0.05, 0) is 54.6 Å². The molecule has 23 heavy (non-hydrogen) atoms. The molecular formula is C21H38OS. The van der Waals surface area contributed by atoms with E-state index in [4.69, 9.17) is 4.74 Å². The third-order valence-corrected chi connectivity index (χ3v) is 6.80. The molecule has 0 aliphatic rings. The van der Waals surface area contributed by atoms with Gasteiger partial charge in [0, 0.05) is 16.4 Å². The third kappa shape index (κ3) is 5.32. The van der Waals surface area contributed by atoms with Crippen molar-refractivity contribution in [2.24, 2.45) is 0 Å². The minimum absolute atomic E-state index is 0.149. The minimum atomic E-state index is 0.149. The van der Waals surface area contributed by atoms with E-state index in [1.165, 1.54) is 16.9 Å². The lowest BCUT2D eigenvalue weighted by atomic mass is 9.76. The van der Waals surface area contributed by atoms with Gasteiger partial charge in [0.2, 0.25) is 0 Å². The van der Waals surface area contributed by atoms with E-state index < -0.39 is 0 Å². The fourth-order valence-electron chi connectivity index (χ4n) is 2.64. The molecule has 0 saturated heterocycles. The average molecular weight is 339 g/mol. The Kier molecular flexibility index (Phi) is 6.54. The Bertz CT molecular complexity index is 500. The van der Waals surface area contributed by atoms with E-state index in [2.05, 4.69) is 75.3 Å². The van der Waals surface area contributed by atoms with Gasteiger partial charge in [-0.1, -0.05) is 55.4 Å². The highest BCUT2D eigenvalue weighted by atomic mass is 32.1. The first kappa shape index (κ1) is 20.7. The minimum Gasteiger partial charge on any atom is -0.379 e. The molecule has 0 aliphatic carbocycles. The van der Waals surface area contributed by atoms with E-state index in [1.54, 1.807) is 4.88 Å². The maximum absolute atomic E-state index is 5.82. The Morgan fingerprint density at radius 3 is 2.00 bits per heavy atom. The number of rotatable bonds is 7. The van der Waals surface area contributed by atoms with Crippen molar-refractivity contribution in [3.8, 4) is 0 Å². The van der Waals surface area contributed by atoms with Crippen LogP contribution in [0.2, 0.25) is 0 Å². The fourth-order valence-corrected chi connectivity index (χ4v) is 4.21. The van der Waals surface area contributed by atoms with Gasteiger partial charge < -0.3 is 4.74 Å². The second kappa shape index (κ2) is 7.27. The summed E-state index contributed by atoms with van der Waals surface area (Å²) >= 11 is 2.02. The first-order valence-electron chi connectivity index (χ1n) is 9.08. The average Bonchev–Trinajstić information content (AvgIpc) is 2.84. The summed E-state index contributed by atoms with van der Waals surface area (Å²) in [6, 6.07) is 2.49. The van der Waals surface area contributed by atoms with Crippen LogP contribution in [0, 0.1) is 0 Å². The van der Waals surface area contributed by atoms with Gasteiger partial charge in [0.05, 0.1) is 6.10 Å². The molecule has 0 bridgehead atoms. The molecule has 0 amide bonds. The molecule has 1 nitrogen and oxygen atoms in total. The van der Waals surface area contributed by atoms with E-state index in [0.717, 1.165) is 13.0 Å².